The molecule has 0 aliphatic rings. The van der Waals surface area contributed by atoms with Gasteiger partial charge in [0.1, 0.15) is 17.0 Å². The molecule has 1 amide bonds. The molecule has 4 rings (SSSR count). The molecular weight excluding hydrogens is 390 g/mol. The van der Waals surface area contributed by atoms with Gasteiger partial charge in [-0.2, -0.15) is 0 Å². The molecule has 2 aromatic carbocycles. The lowest BCUT2D eigenvalue weighted by Gasteiger charge is -2.09. The first kappa shape index (κ1) is 20.3. The summed E-state index contributed by atoms with van der Waals surface area (Å²) in [6, 6.07) is 18.4. The number of hydrogen-bond acceptors (Lipinski definition) is 4. The van der Waals surface area contributed by atoms with Crippen LogP contribution in [-0.4, -0.2) is 27.9 Å². The predicted molar refractivity (Wildman–Crippen MR) is 120 cm³/mol. The molecule has 2 aromatic heterocycles. The summed E-state index contributed by atoms with van der Waals surface area (Å²) in [4.78, 5) is 29.9. The maximum Gasteiger partial charge on any atom is 0.338 e. The second kappa shape index (κ2) is 8.44. The number of benzene rings is 2. The lowest BCUT2D eigenvalue weighted by atomic mass is 10.1. The van der Waals surface area contributed by atoms with Crippen LogP contribution in [0, 0.1) is 13.8 Å². The number of hydrogen-bond donors (Lipinski definition) is 1. The number of amides is 1. The first-order valence-corrected chi connectivity index (χ1v) is 10.1. The van der Waals surface area contributed by atoms with E-state index >= 15 is 0 Å². The predicted octanol–water partition coefficient (Wildman–Crippen LogP) is 5.05. The zero-order valence-electron chi connectivity index (χ0n) is 17.7. The molecule has 0 aliphatic heterocycles. The lowest BCUT2D eigenvalue weighted by Crippen LogP contribution is -2.16. The third-order valence-corrected chi connectivity index (χ3v) is 4.96. The monoisotopic (exact) mass is 413 g/mol. The van der Waals surface area contributed by atoms with E-state index in [1.165, 1.54) is 0 Å². The van der Waals surface area contributed by atoms with Crippen molar-refractivity contribution in [2.24, 2.45) is 0 Å². The highest BCUT2D eigenvalue weighted by Crippen LogP contribution is 2.26. The molecule has 0 atom stereocenters. The van der Waals surface area contributed by atoms with Crippen molar-refractivity contribution < 1.29 is 14.3 Å². The van der Waals surface area contributed by atoms with Crippen molar-refractivity contribution in [1.29, 1.82) is 0 Å². The quantitative estimate of drug-likeness (QED) is 0.465. The average Bonchev–Trinajstić information content (AvgIpc) is 3.13. The van der Waals surface area contributed by atoms with Crippen molar-refractivity contribution in [1.82, 2.24) is 9.38 Å². The van der Waals surface area contributed by atoms with Crippen LogP contribution < -0.4 is 5.32 Å². The first-order valence-electron chi connectivity index (χ1n) is 10.1. The Labute approximate surface area is 180 Å². The molecule has 0 unspecified atom stereocenters. The maximum absolute atomic E-state index is 13.3. The minimum Gasteiger partial charge on any atom is -0.462 e. The van der Waals surface area contributed by atoms with E-state index in [4.69, 9.17) is 9.72 Å². The standard InChI is InChI=1S/C25H23N3O3/c1-4-31-25(30)19-10-12-20(13-11-19)26-24(29)23-22(18-8-5-16(2)6-9-18)27-21-14-7-17(3)15-28(21)23/h5-15H,4H2,1-3H3,(H,26,29). The van der Waals surface area contributed by atoms with Crippen LogP contribution >= 0.6 is 0 Å². The Bertz CT molecular complexity index is 1260. The number of aryl methyl sites for hydroxylation is 2. The zero-order chi connectivity index (χ0) is 22.0. The third kappa shape index (κ3) is 4.19. The van der Waals surface area contributed by atoms with Gasteiger partial charge >= 0.3 is 5.97 Å². The molecule has 0 aliphatic carbocycles. The van der Waals surface area contributed by atoms with Crippen LogP contribution in [0.4, 0.5) is 5.69 Å². The van der Waals surface area contributed by atoms with Crippen LogP contribution in [-0.2, 0) is 4.74 Å². The summed E-state index contributed by atoms with van der Waals surface area (Å²) in [6.07, 6.45) is 1.90. The van der Waals surface area contributed by atoms with Gasteiger partial charge in [0.25, 0.3) is 5.91 Å². The largest absolute Gasteiger partial charge is 0.462 e. The van der Waals surface area contributed by atoms with Crippen molar-refractivity contribution in [3.8, 4) is 11.3 Å². The molecule has 0 saturated heterocycles. The van der Waals surface area contributed by atoms with Gasteiger partial charge in [0, 0.05) is 17.4 Å². The third-order valence-electron chi connectivity index (χ3n) is 4.96. The summed E-state index contributed by atoms with van der Waals surface area (Å²) < 4.78 is 6.81. The van der Waals surface area contributed by atoms with Gasteiger partial charge in [0.05, 0.1) is 12.2 Å². The highest BCUT2D eigenvalue weighted by molar-refractivity contribution is 6.08. The number of pyridine rings is 1. The minimum atomic E-state index is -0.390. The number of anilines is 1. The van der Waals surface area contributed by atoms with Gasteiger partial charge in [-0.15, -0.1) is 0 Å². The molecule has 0 fully saturated rings. The van der Waals surface area contributed by atoms with Gasteiger partial charge in [-0.25, -0.2) is 9.78 Å². The fourth-order valence-electron chi connectivity index (χ4n) is 3.37. The highest BCUT2D eigenvalue weighted by Gasteiger charge is 2.21. The van der Waals surface area contributed by atoms with E-state index in [0.29, 0.717) is 34.9 Å². The van der Waals surface area contributed by atoms with Crippen LogP contribution in [0.25, 0.3) is 16.9 Å². The Morgan fingerprint density at radius 3 is 2.29 bits per heavy atom. The van der Waals surface area contributed by atoms with E-state index in [-0.39, 0.29) is 11.9 Å². The molecule has 2 heterocycles. The zero-order valence-corrected chi connectivity index (χ0v) is 17.7. The molecule has 0 bridgehead atoms. The smallest absolute Gasteiger partial charge is 0.338 e. The minimum absolute atomic E-state index is 0.280. The number of rotatable bonds is 5. The number of nitrogens with zero attached hydrogens (tertiary/aromatic N) is 2. The number of aromatic nitrogens is 2. The molecule has 4 aromatic rings. The van der Waals surface area contributed by atoms with Crippen LogP contribution in [0.2, 0.25) is 0 Å². The Hall–Kier alpha value is -3.93. The van der Waals surface area contributed by atoms with E-state index < -0.39 is 0 Å². The molecule has 6 heteroatoms. The fraction of sp³-hybridized carbons (Fsp3) is 0.160. The normalized spacial score (nSPS) is 10.8. The number of nitrogens with one attached hydrogen (secondary N) is 1. The van der Waals surface area contributed by atoms with Gasteiger partial charge in [0.2, 0.25) is 0 Å². The summed E-state index contributed by atoms with van der Waals surface area (Å²) in [5, 5.41) is 2.92. The highest BCUT2D eigenvalue weighted by atomic mass is 16.5. The molecule has 6 nitrogen and oxygen atoms in total. The maximum atomic E-state index is 13.3. The van der Waals surface area contributed by atoms with Crippen molar-refractivity contribution in [3.63, 3.8) is 0 Å². The van der Waals surface area contributed by atoms with E-state index in [9.17, 15) is 9.59 Å². The SMILES string of the molecule is CCOC(=O)c1ccc(NC(=O)c2c(-c3ccc(C)cc3)nc3ccc(C)cn23)cc1. The summed E-state index contributed by atoms with van der Waals surface area (Å²) in [5.74, 6) is -0.670. The van der Waals surface area contributed by atoms with Gasteiger partial charge in [0.15, 0.2) is 0 Å². The molecule has 0 radical (unpaired) electrons. The summed E-state index contributed by atoms with van der Waals surface area (Å²) in [5.41, 5.74) is 5.81. The summed E-state index contributed by atoms with van der Waals surface area (Å²) in [7, 11) is 0. The fourth-order valence-corrected chi connectivity index (χ4v) is 3.37. The van der Waals surface area contributed by atoms with Crippen molar-refractivity contribution in [2.45, 2.75) is 20.8 Å². The molecule has 156 valence electrons. The number of imidazole rings is 1. The van der Waals surface area contributed by atoms with E-state index in [0.717, 1.165) is 16.7 Å². The Morgan fingerprint density at radius 1 is 0.935 bits per heavy atom. The van der Waals surface area contributed by atoms with E-state index in [1.807, 2.05) is 60.8 Å². The second-order valence-corrected chi connectivity index (χ2v) is 7.36. The summed E-state index contributed by atoms with van der Waals surface area (Å²) >= 11 is 0. The Morgan fingerprint density at radius 2 is 1.61 bits per heavy atom. The van der Waals surface area contributed by atoms with Gasteiger partial charge in [-0.3, -0.25) is 9.20 Å². The number of fused-ring (bicyclic) bond motifs is 1. The Kier molecular flexibility index (Phi) is 5.54. The average molecular weight is 413 g/mol. The molecule has 31 heavy (non-hydrogen) atoms. The number of carbonyl (C=O) groups excluding carboxylic acids is 2. The van der Waals surface area contributed by atoms with Gasteiger partial charge < -0.3 is 10.1 Å². The molecule has 1 N–H and O–H groups in total. The van der Waals surface area contributed by atoms with Crippen molar-refractivity contribution >= 4 is 23.2 Å². The van der Waals surface area contributed by atoms with Crippen LogP contribution in [0.5, 0.6) is 0 Å². The Balaban J connectivity index is 1.71. The van der Waals surface area contributed by atoms with E-state index in [1.54, 1.807) is 31.2 Å². The van der Waals surface area contributed by atoms with Crippen molar-refractivity contribution in [3.05, 3.63) is 89.2 Å². The first-order chi connectivity index (χ1) is 15.0. The summed E-state index contributed by atoms with van der Waals surface area (Å²) in [6.45, 7) is 6.06. The van der Waals surface area contributed by atoms with Crippen LogP contribution in [0.15, 0.2) is 66.9 Å². The van der Waals surface area contributed by atoms with Gasteiger partial charge in [-0.1, -0.05) is 35.9 Å². The van der Waals surface area contributed by atoms with Crippen LogP contribution in [0.3, 0.4) is 0 Å². The number of carbonyl (C=O) groups is 2. The van der Waals surface area contributed by atoms with E-state index in [2.05, 4.69) is 5.32 Å². The number of esters is 1. The molecule has 0 saturated carbocycles. The van der Waals surface area contributed by atoms with Gasteiger partial charge in [-0.05, 0) is 56.7 Å². The molecule has 0 spiro atoms. The molecular formula is C25H23N3O3. The topological polar surface area (TPSA) is 72.7 Å². The number of ether oxygens (including phenoxy) is 1. The van der Waals surface area contributed by atoms with Crippen LogP contribution in [0.1, 0.15) is 38.9 Å². The second-order valence-electron chi connectivity index (χ2n) is 7.36. The lowest BCUT2D eigenvalue weighted by molar-refractivity contribution is 0.0526. The van der Waals surface area contributed by atoms with Crippen molar-refractivity contribution in [2.75, 3.05) is 11.9 Å².